The van der Waals surface area contributed by atoms with Gasteiger partial charge in [-0.1, -0.05) is 60.7 Å². The number of hydrogen-bond acceptors (Lipinski definition) is 2. The van der Waals surface area contributed by atoms with Gasteiger partial charge in [0.1, 0.15) is 0 Å². The molecule has 2 aromatic rings. The Bertz CT molecular complexity index is 655. The molecule has 1 atom stereocenters. The summed E-state index contributed by atoms with van der Waals surface area (Å²) in [7, 11) is 4.38. The minimum absolute atomic E-state index is 0.0978. The van der Waals surface area contributed by atoms with Crippen LogP contribution in [0, 0.1) is 5.92 Å². The molecule has 1 aliphatic carbocycles. The number of hydrogen-bond donors (Lipinski definition) is 1. The number of benzene rings is 2. The van der Waals surface area contributed by atoms with Crippen LogP contribution in [0.15, 0.2) is 60.7 Å². The average molecular weight is 338 g/mol. The zero-order valence-corrected chi connectivity index (χ0v) is 15.8. The van der Waals surface area contributed by atoms with E-state index < -0.39 is 5.60 Å². The maximum absolute atomic E-state index is 11.2. The molecule has 1 aliphatic rings. The van der Waals surface area contributed by atoms with E-state index in [1.807, 2.05) is 13.0 Å². The number of rotatable bonds is 5. The van der Waals surface area contributed by atoms with E-state index in [1.54, 1.807) is 0 Å². The lowest BCUT2D eigenvalue weighted by Crippen LogP contribution is -2.48. The Hall–Kier alpha value is -1.64. The van der Waals surface area contributed by atoms with Crippen LogP contribution < -0.4 is 0 Å². The van der Waals surface area contributed by atoms with Crippen molar-refractivity contribution in [3.8, 4) is 0 Å². The van der Waals surface area contributed by atoms with Crippen LogP contribution in [0.1, 0.15) is 43.7 Å². The zero-order valence-electron chi connectivity index (χ0n) is 15.8. The second kappa shape index (κ2) is 7.31. The lowest BCUT2D eigenvalue weighted by molar-refractivity contribution is -0.0418. The van der Waals surface area contributed by atoms with Crippen LogP contribution in [0.25, 0.3) is 0 Å². The fourth-order valence-electron chi connectivity index (χ4n) is 4.61. The van der Waals surface area contributed by atoms with Crippen LogP contribution >= 0.6 is 0 Å². The molecule has 2 nitrogen and oxygen atoms in total. The first kappa shape index (κ1) is 18.2. The van der Waals surface area contributed by atoms with E-state index >= 15 is 0 Å². The average Bonchev–Trinajstić information content (AvgIpc) is 2.63. The molecule has 0 heterocycles. The van der Waals surface area contributed by atoms with Crippen molar-refractivity contribution in [3.05, 3.63) is 71.8 Å². The van der Waals surface area contributed by atoms with E-state index in [1.165, 1.54) is 11.1 Å². The maximum Gasteiger partial charge on any atom is 0.0687 e. The molecule has 0 spiro atoms. The Morgan fingerprint density at radius 2 is 1.48 bits per heavy atom. The molecule has 0 bridgehead atoms. The van der Waals surface area contributed by atoms with Gasteiger partial charge in [0.05, 0.1) is 5.60 Å². The first-order valence-electron chi connectivity index (χ1n) is 9.43. The number of nitrogens with zero attached hydrogens (tertiary/aromatic N) is 1. The van der Waals surface area contributed by atoms with E-state index in [2.05, 4.69) is 73.6 Å². The molecule has 1 unspecified atom stereocenters. The molecule has 0 saturated heterocycles. The quantitative estimate of drug-likeness (QED) is 0.860. The summed E-state index contributed by atoms with van der Waals surface area (Å²) in [6.45, 7) is 2.02. The Kier molecular flexibility index (Phi) is 5.31. The Morgan fingerprint density at radius 3 is 2.00 bits per heavy atom. The Balaban J connectivity index is 1.73. The molecule has 2 heteroatoms. The minimum atomic E-state index is -0.642. The van der Waals surface area contributed by atoms with E-state index in [9.17, 15) is 5.11 Å². The highest BCUT2D eigenvalue weighted by Crippen LogP contribution is 2.46. The van der Waals surface area contributed by atoms with Crippen molar-refractivity contribution in [3.63, 3.8) is 0 Å². The summed E-state index contributed by atoms with van der Waals surface area (Å²) >= 11 is 0. The van der Waals surface area contributed by atoms with Gasteiger partial charge in [-0.3, -0.25) is 4.90 Å². The van der Waals surface area contributed by atoms with Crippen LogP contribution in [-0.4, -0.2) is 29.7 Å². The van der Waals surface area contributed by atoms with Gasteiger partial charge in [-0.2, -0.15) is 0 Å². The third-order valence-electron chi connectivity index (χ3n) is 6.26. The second-order valence-corrected chi connectivity index (χ2v) is 8.09. The monoisotopic (exact) mass is 337 g/mol. The molecular formula is C23H31NO. The van der Waals surface area contributed by atoms with Crippen LogP contribution in [0.5, 0.6) is 0 Å². The lowest BCUT2D eigenvalue weighted by atomic mass is 9.67. The van der Waals surface area contributed by atoms with Crippen molar-refractivity contribution in [2.45, 2.75) is 50.2 Å². The minimum Gasteiger partial charge on any atom is -0.390 e. The van der Waals surface area contributed by atoms with Gasteiger partial charge in [0.25, 0.3) is 0 Å². The van der Waals surface area contributed by atoms with E-state index in [-0.39, 0.29) is 5.54 Å². The SMILES string of the molecule is CN(C)C1(c2ccccc2)CCC(C(C)(O)Cc2ccccc2)CC1. The summed E-state index contributed by atoms with van der Waals surface area (Å²) in [6, 6.07) is 21.2. The van der Waals surface area contributed by atoms with Crippen molar-refractivity contribution in [2.24, 2.45) is 5.92 Å². The summed E-state index contributed by atoms with van der Waals surface area (Å²) in [4.78, 5) is 2.38. The third kappa shape index (κ3) is 3.80. The molecule has 25 heavy (non-hydrogen) atoms. The van der Waals surface area contributed by atoms with E-state index in [4.69, 9.17) is 0 Å². The molecule has 1 N–H and O–H groups in total. The summed E-state index contributed by atoms with van der Waals surface area (Å²) in [5, 5.41) is 11.2. The van der Waals surface area contributed by atoms with Gasteiger partial charge < -0.3 is 5.11 Å². The summed E-state index contributed by atoms with van der Waals surface area (Å²) < 4.78 is 0. The van der Waals surface area contributed by atoms with Crippen LogP contribution in [0.2, 0.25) is 0 Å². The maximum atomic E-state index is 11.2. The Morgan fingerprint density at radius 1 is 0.960 bits per heavy atom. The molecular weight excluding hydrogens is 306 g/mol. The highest BCUT2D eigenvalue weighted by molar-refractivity contribution is 5.26. The summed E-state index contributed by atoms with van der Waals surface area (Å²) in [6.07, 6.45) is 5.05. The molecule has 3 rings (SSSR count). The van der Waals surface area contributed by atoms with Crippen LogP contribution in [0.3, 0.4) is 0 Å². The van der Waals surface area contributed by atoms with Gasteiger partial charge >= 0.3 is 0 Å². The normalized spacial score (nSPS) is 26.4. The first-order valence-corrected chi connectivity index (χ1v) is 9.43. The largest absolute Gasteiger partial charge is 0.390 e. The fraction of sp³-hybridized carbons (Fsp3) is 0.478. The van der Waals surface area contributed by atoms with Gasteiger partial charge in [0.2, 0.25) is 0 Å². The highest BCUT2D eigenvalue weighted by atomic mass is 16.3. The predicted molar refractivity (Wildman–Crippen MR) is 105 cm³/mol. The third-order valence-corrected chi connectivity index (χ3v) is 6.26. The molecule has 1 saturated carbocycles. The molecule has 0 aromatic heterocycles. The fourth-order valence-corrected chi connectivity index (χ4v) is 4.61. The molecule has 0 radical (unpaired) electrons. The molecule has 1 fully saturated rings. The van der Waals surface area contributed by atoms with Crippen molar-refractivity contribution < 1.29 is 5.11 Å². The summed E-state index contributed by atoms with van der Waals surface area (Å²) in [5.41, 5.74) is 2.08. The van der Waals surface area contributed by atoms with Gasteiger partial charge in [-0.25, -0.2) is 0 Å². The van der Waals surface area contributed by atoms with Crippen molar-refractivity contribution in [2.75, 3.05) is 14.1 Å². The molecule has 134 valence electrons. The van der Waals surface area contributed by atoms with Gasteiger partial charge in [-0.05, 0) is 63.7 Å². The standard InChI is InChI=1S/C23H31NO/c1-22(25,18-19-10-6-4-7-11-19)20-14-16-23(17-15-20,24(2)3)21-12-8-5-9-13-21/h4-13,20,25H,14-18H2,1-3H3. The predicted octanol–water partition coefficient (Wildman–Crippen LogP) is 4.63. The van der Waals surface area contributed by atoms with Crippen molar-refractivity contribution in [1.82, 2.24) is 4.90 Å². The van der Waals surface area contributed by atoms with Crippen LogP contribution in [0.4, 0.5) is 0 Å². The smallest absolute Gasteiger partial charge is 0.0687 e. The topological polar surface area (TPSA) is 23.5 Å². The lowest BCUT2D eigenvalue weighted by Gasteiger charge is -2.48. The Labute approximate surface area is 152 Å². The zero-order chi connectivity index (χ0) is 17.9. The first-order chi connectivity index (χ1) is 11.9. The van der Waals surface area contributed by atoms with Crippen LogP contribution in [-0.2, 0) is 12.0 Å². The number of aliphatic hydroxyl groups is 1. The van der Waals surface area contributed by atoms with Gasteiger partial charge in [-0.15, -0.1) is 0 Å². The van der Waals surface area contributed by atoms with Gasteiger partial charge in [0.15, 0.2) is 0 Å². The van der Waals surface area contributed by atoms with Crippen molar-refractivity contribution >= 4 is 0 Å². The second-order valence-electron chi connectivity index (χ2n) is 8.09. The summed E-state index contributed by atoms with van der Waals surface area (Å²) in [5.74, 6) is 0.351. The van der Waals surface area contributed by atoms with Gasteiger partial charge in [0, 0.05) is 12.0 Å². The van der Waals surface area contributed by atoms with Crippen molar-refractivity contribution in [1.29, 1.82) is 0 Å². The molecule has 0 amide bonds. The molecule has 0 aliphatic heterocycles. The van der Waals surface area contributed by atoms with E-state index in [0.717, 1.165) is 32.1 Å². The highest BCUT2D eigenvalue weighted by Gasteiger charge is 2.43. The molecule has 2 aromatic carbocycles. The van der Waals surface area contributed by atoms with E-state index in [0.29, 0.717) is 5.92 Å².